The summed E-state index contributed by atoms with van der Waals surface area (Å²) in [5, 5.41) is 0. The highest BCUT2D eigenvalue weighted by Crippen LogP contribution is 2.14. The molecule has 0 fully saturated rings. The molecule has 0 aliphatic carbocycles. The molecule has 0 spiro atoms. The Morgan fingerprint density at radius 1 is 1.29 bits per heavy atom. The molecule has 0 bridgehead atoms. The fourth-order valence-electron chi connectivity index (χ4n) is 2.01. The first-order valence-corrected chi connectivity index (χ1v) is 6.21. The average Bonchev–Trinajstić information content (AvgIpc) is 2.28. The van der Waals surface area contributed by atoms with Crippen LogP contribution in [0.4, 0.5) is 4.39 Å². The van der Waals surface area contributed by atoms with Crippen LogP contribution in [0.25, 0.3) is 0 Å². The Bertz CT molecular complexity index is 348. The summed E-state index contributed by atoms with van der Waals surface area (Å²) in [7, 11) is 2.03. The van der Waals surface area contributed by atoms with Crippen LogP contribution in [0.15, 0.2) is 24.3 Å². The van der Waals surface area contributed by atoms with E-state index in [-0.39, 0.29) is 11.4 Å². The molecule has 1 aromatic carbocycles. The molecule has 0 aliphatic rings. The maximum atomic E-state index is 13.0. The van der Waals surface area contributed by atoms with Crippen molar-refractivity contribution in [1.82, 2.24) is 4.90 Å². The summed E-state index contributed by atoms with van der Waals surface area (Å²) >= 11 is 0. The standard InChI is InChI=1S/C14H23FN2/c1-4-14(16,5-2)11-17(3)10-12-7-6-8-13(15)9-12/h6-9H,4-5,10-11,16H2,1-3H3. The first-order valence-electron chi connectivity index (χ1n) is 6.21. The second-order valence-corrected chi connectivity index (χ2v) is 4.87. The molecule has 17 heavy (non-hydrogen) atoms. The van der Waals surface area contributed by atoms with Gasteiger partial charge in [0.2, 0.25) is 0 Å². The first kappa shape index (κ1) is 14.1. The molecule has 1 rings (SSSR count). The van der Waals surface area contributed by atoms with Gasteiger partial charge in [-0.3, -0.25) is 0 Å². The van der Waals surface area contributed by atoms with Gasteiger partial charge in [-0.1, -0.05) is 26.0 Å². The fourth-order valence-corrected chi connectivity index (χ4v) is 2.01. The maximum absolute atomic E-state index is 13.0. The lowest BCUT2D eigenvalue weighted by atomic mass is 9.93. The highest BCUT2D eigenvalue weighted by molar-refractivity contribution is 5.16. The van der Waals surface area contributed by atoms with Crippen LogP contribution >= 0.6 is 0 Å². The number of likely N-dealkylation sites (N-methyl/N-ethyl adjacent to an activating group) is 1. The van der Waals surface area contributed by atoms with Crippen molar-refractivity contribution in [3.05, 3.63) is 35.6 Å². The summed E-state index contributed by atoms with van der Waals surface area (Å²) in [4.78, 5) is 2.15. The molecular formula is C14H23FN2. The number of nitrogens with zero attached hydrogens (tertiary/aromatic N) is 1. The third kappa shape index (κ3) is 4.44. The lowest BCUT2D eigenvalue weighted by molar-refractivity contribution is 0.228. The number of halogens is 1. The van der Waals surface area contributed by atoms with Gasteiger partial charge in [0.1, 0.15) is 5.82 Å². The largest absolute Gasteiger partial charge is 0.324 e. The van der Waals surface area contributed by atoms with Gasteiger partial charge in [0, 0.05) is 18.6 Å². The molecule has 2 nitrogen and oxygen atoms in total. The predicted molar refractivity (Wildman–Crippen MR) is 70.2 cm³/mol. The summed E-state index contributed by atoms with van der Waals surface area (Å²) in [6, 6.07) is 6.73. The summed E-state index contributed by atoms with van der Waals surface area (Å²) in [6.45, 7) is 5.78. The lowest BCUT2D eigenvalue weighted by Crippen LogP contribution is -2.48. The van der Waals surface area contributed by atoms with Crippen molar-refractivity contribution in [2.45, 2.75) is 38.8 Å². The molecule has 0 heterocycles. The highest BCUT2D eigenvalue weighted by atomic mass is 19.1. The Morgan fingerprint density at radius 3 is 2.47 bits per heavy atom. The van der Waals surface area contributed by atoms with E-state index in [2.05, 4.69) is 18.7 Å². The number of nitrogens with two attached hydrogens (primary N) is 1. The van der Waals surface area contributed by atoms with Crippen LogP contribution in [-0.4, -0.2) is 24.0 Å². The van der Waals surface area contributed by atoms with E-state index in [1.165, 1.54) is 6.07 Å². The Hall–Kier alpha value is -0.930. The van der Waals surface area contributed by atoms with E-state index in [9.17, 15) is 4.39 Å². The van der Waals surface area contributed by atoms with E-state index in [0.29, 0.717) is 0 Å². The predicted octanol–water partition coefficient (Wildman–Crippen LogP) is 2.78. The highest BCUT2D eigenvalue weighted by Gasteiger charge is 2.22. The average molecular weight is 238 g/mol. The molecule has 3 heteroatoms. The second-order valence-electron chi connectivity index (χ2n) is 4.87. The molecule has 0 atom stereocenters. The molecule has 96 valence electrons. The first-order chi connectivity index (χ1) is 7.99. The third-order valence-electron chi connectivity index (χ3n) is 3.33. The van der Waals surface area contributed by atoms with Crippen molar-refractivity contribution in [1.29, 1.82) is 0 Å². The molecule has 0 unspecified atom stereocenters. The van der Waals surface area contributed by atoms with Crippen molar-refractivity contribution in [3.8, 4) is 0 Å². The monoisotopic (exact) mass is 238 g/mol. The van der Waals surface area contributed by atoms with E-state index in [4.69, 9.17) is 5.73 Å². The van der Waals surface area contributed by atoms with E-state index in [1.54, 1.807) is 12.1 Å². The number of hydrogen-bond donors (Lipinski definition) is 1. The number of benzene rings is 1. The minimum Gasteiger partial charge on any atom is -0.324 e. The van der Waals surface area contributed by atoms with Gasteiger partial charge in [-0.25, -0.2) is 4.39 Å². The van der Waals surface area contributed by atoms with E-state index in [0.717, 1.165) is 31.5 Å². The lowest BCUT2D eigenvalue weighted by Gasteiger charge is -2.32. The summed E-state index contributed by atoms with van der Waals surface area (Å²) in [6.07, 6.45) is 1.91. The van der Waals surface area contributed by atoms with Crippen LogP contribution in [0.3, 0.4) is 0 Å². The van der Waals surface area contributed by atoms with Crippen LogP contribution in [0.1, 0.15) is 32.3 Å². The third-order valence-corrected chi connectivity index (χ3v) is 3.33. The normalized spacial score (nSPS) is 12.1. The van der Waals surface area contributed by atoms with Gasteiger partial charge in [-0.15, -0.1) is 0 Å². The van der Waals surface area contributed by atoms with Gasteiger partial charge in [-0.05, 0) is 37.6 Å². The van der Waals surface area contributed by atoms with Gasteiger partial charge in [0.05, 0.1) is 0 Å². The summed E-state index contributed by atoms with van der Waals surface area (Å²) < 4.78 is 13.0. The van der Waals surface area contributed by atoms with Crippen molar-refractivity contribution < 1.29 is 4.39 Å². The second kappa shape index (κ2) is 6.12. The van der Waals surface area contributed by atoms with E-state index < -0.39 is 0 Å². The van der Waals surface area contributed by atoms with Crippen LogP contribution < -0.4 is 5.73 Å². The zero-order valence-electron chi connectivity index (χ0n) is 11.0. The molecule has 0 aromatic heterocycles. The van der Waals surface area contributed by atoms with Crippen LogP contribution in [0, 0.1) is 5.82 Å². The Balaban J connectivity index is 2.58. The van der Waals surface area contributed by atoms with Crippen LogP contribution in [0.2, 0.25) is 0 Å². The SMILES string of the molecule is CCC(N)(CC)CN(C)Cc1cccc(F)c1. The van der Waals surface area contributed by atoms with Crippen molar-refractivity contribution in [2.24, 2.45) is 5.73 Å². The molecule has 0 aliphatic heterocycles. The molecule has 0 saturated heterocycles. The van der Waals surface area contributed by atoms with Gasteiger partial charge in [0.15, 0.2) is 0 Å². The van der Waals surface area contributed by atoms with E-state index >= 15 is 0 Å². The van der Waals surface area contributed by atoms with Gasteiger partial charge in [-0.2, -0.15) is 0 Å². The molecule has 0 saturated carbocycles. The maximum Gasteiger partial charge on any atom is 0.123 e. The molecular weight excluding hydrogens is 215 g/mol. The molecule has 2 N–H and O–H groups in total. The van der Waals surface area contributed by atoms with Crippen molar-refractivity contribution >= 4 is 0 Å². The minimum atomic E-state index is -0.180. The molecule has 0 radical (unpaired) electrons. The van der Waals surface area contributed by atoms with Crippen LogP contribution in [0.5, 0.6) is 0 Å². The van der Waals surface area contributed by atoms with Gasteiger partial charge < -0.3 is 10.6 Å². The summed E-state index contributed by atoms with van der Waals surface area (Å²) in [5.41, 5.74) is 7.12. The van der Waals surface area contributed by atoms with Crippen molar-refractivity contribution in [3.63, 3.8) is 0 Å². The Kier molecular flexibility index (Phi) is 5.09. The Morgan fingerprint density at radius 2 is 1.94 bits per heavy atom. The summed E-state index contributed by atoms with van der Waals surface area (Å²) in [5.74, 6) is -0.180. The zero-order chi connectivity index (χ0) is 12.9. The molecule has 1 aromatic rings. The van der Waals surface area contributed by atoms with E-state index in [1.807, 2.05) is 13.1 Å². The van der Waals surface area contributed by atoms with Gasteiger partial charge >= 0.3 is 0 Å². The number of hydrogen-bond acceptors (Lipinski definition) is 2. The minimum absolute atomic E-state index is 0.137. The number of rotatable bonds is 6. The smallest absolute Gasteiger partial charge is 0.123 e. The quantitative estimate of drug-likeness (QED) is 0.825. The van der Waals surface area contributed by atoms with Crippen molar-refractivity contribution in [2.75, 3.05) is 13.6 Å². The fraction of sp³-hybridized carbons (Fsp3) is 0.571. The Labute approximate surface area is 104 Å². The molecule has 0 amide bonds. The zero-order valence-corrected chi connectivity index (χ0v) is 11.0. The van der Waals surface area contributed by atoms with Gasteiger partial charge in [0.25, 0.3) is 0 Å². The topological polar surface area (TPSA) is 29.3 Å². The van der Waals surface area contributed by atoms with Crippen LogP contribution in [-0.2, 0) is 6.54 Å².